The van der Waals surface area contributed by atoms with Gasteiger partial charge < -0.3 is 0 Å². The third kappa shape index (κ3) is 3.49. The molecule has 0 radical (unpaired) electrons. The monoisotopic (exact) mass is 342 g/mol. The molecule has 0 saturated heterocycles. The van der Waals surface area contributed by atoms with E-state index in [-0.39, 0.29) is 16.3 Å². The number of hydrogen-bond donors (Lipinski definition) is 2. The molecule has 1 aromatic heterocycles. The lowest BCUT2D eigenvalue weighted by atomic mass is 10.1. The fourth-order valence-corrected chi connectivity index (χ4v) is 2.26. The number of hydrogen-bond acceptors (Lipinski definition) is 3. The van der Waals surface area contributed by atoms with Crippen molar-refractivity contribution in [2.75, 3.05) is 0 Å². The standard InChI is InChI=1S/C17H12ClFN4O/c18-13-7-4-8-14(19)12(13)10-20-23-17(24)16-9-15(21-22-16)11-5-2-1-3-6-11/h1-10H,(H,21,22)(H,23,24). The van der Waals surface area contributed by atoms with Crippen LogP contribution < -0.4 is 5.43 Å². The zero-order valence-electron chi connectivity index (χ0n) is 12.3. The zero-order valence-corrected chi connectivity index (χ0v) is 13.1. The summed E-state index contributed by atoms with van der Waals surface area (Å²) in [4.78, 5) is 12.0. The normalized spacial score (nSPS) is 10.9. The summed E-state index contributed by atoms with van der Waals surface area (Å²) in [6.45, 7) is 0. The summed E-state index contributed by atoms with van der Waals surface area (Å²) in [6, 6.07) is 15.3. The summed E-state index contributed by atoms with van der Waals surface area (Å²) in [5, 5.41) is 10.7. The third-order valence-electron chi connectivity index (χ3n) is 3.25. The van der Waals surface area contributed by atoms with Crippen LogP contribution in [0, 0.1) is 5.82 Å². The number of halogens is 2. The van der Waals surface area contributed by atoms with Gasteiger partial charge in [-0.15, -0.1) is 0 Å². The predicted octanol–water partition coefficient (Wildman–Crippen LogP) is 3.63. The Labute approximate surface area is 142 Å². The second kappa shape index (κ2) is 7.06. The van der Waals surface area contributed by atoms with Gasteiger partial charge in [0.1, 0.15) is 11.5 Å². The Morgan fingerprint density at radius 2 is 2.00 bits per heavy atom. The number of hydrazone groups is 1. The highest BCUT2D eigenvalue weighted by molar-refractivity contribution is 6.33. The van der Waals surface area contributed by atoms with Gasteiger partial charge in [0.15, 0.2) is 0 Å². The average Bonchev–Trinajstić information content (AvgIpc) is 3.08. The number of nitrogens with one attached hydrogen (secondary N) is 2. The Morgan fingerprint density at radius 1 is 1.21 bits per heavy atom. The van der Waals surface area contributed by atoms with Gasteiger partial charge in [-0.1, -0.05) is 48.0 Å². The van der Waals surface area contributed by atoms with Crippen LogP contribution in [0.2, 0.25) is 5.02 Å². The Kier molecular flexibility index (Phi) is 4.67. The molecule has 0 fully saturated rings. The minimum absolute atomic E-state index is 0.106. The van der Waals surface area contributed by atoms with Gasteiger partial charge in [0.25, 0.3) is 5.91 Å². The molecule has 0 bridgehead atoms. The maximum atomic E-state index is 13.6. The van der Waals surface area contributed by atoms with Crippen LogP contribution in [0.15, 0.2) is 59.7 Å². The van der Waals surface area contributed by atoms with E-state index >= 15 is 0 Å². The van der Waals surface area contributed by atoms with Crippen LogP contribution in [0.25, 0.3) is 11.3 Å². The molecular formula is C17H12ClFN4O. The number of aromatic amines is 1. The van der Waals surface area contributed by atoms with Crippen molar-refractivity contribution in [1.29, 1.82) is 0 Å². The van der Waals surface area contributed by atoms with Gasteiger partial charge in [-0.05, 0) is 18.2 Å². The molecule has 2 N–H and O–H groups in total. The molecule has 0 unspecified atom stereocenters. The molecule has 0 atom stereocenters. The summed E-state index contributed by atoms with van der Waals surface area (Å²) in [7, 11) is 0. The first kappa shape index (κ1) is 15.9. The summed E-state index contributed by atoms with van der Waals surface area (Å²) in [5.41, 5.74) is 4.17. The Bertz CT molecular complexity index is 872. The smallest absolute Gasteiger partial charge is 0.272 e. The van der Waals surface area contributed by atoms with Crippen molar-refractivity contribution < 1.29 is 9.18 Å². The molecule has 24 heavy (non-hydrogen) atoms. The number of amides is 1. The molecule has 0 aliphatic carbocycles. The molecule has 120 valence electrons. The third-order valence-corrected chi connectivity index (χ3v) is 3.58. The predicted molar refractivity (Wildman–Crippen MR) is 90.5 cm³/mol. The Morgan fingerprint density at radius 3 is 2.75 bits per heavy atom. The maximum Gasteiger partial charge on any atom is 0.289 e. The van der Waals surface area contributed by atoms with Gasteiger partial charge in [0, 0.05) is 11.1 Å². The highest BCUT2D eigenvalue weighted by atomic mass is 35.5. The molecule has 0 aliphatic heterocycles. The van der Waals surface area contributed by atoms with E-state index in [0.717, 1.165) is 11.8 Å². The average molecular weight is 343 g/mol. The number of benzene rings is 2. The summed E-state index contributed by atoms with van der Waals surface area (Å²) in [6.07, 6.45) is 1.16. The number of carbonyl (C=O) groups is 1. The van der Waals surface area contributed by atoms with Crippen LogP contribution in [0.5, 0.6) is 0 Å². The second-order valence-electron chi connectivity index (χ2n) is 4.87. The van der Waals surface area contributed by atoms with Crippen molar-refractivity contribution in [2.24, 2.45) is 5.10 Å². The van der Waals surface area contributed by atoms with Crippen molar-refractivity contribution in [3.8, 4) is 11.3 Å². The van der Waals surface area contributed by atoms with Gasteiger partial charge in [-0.2, -0.15) is 10.2 Å². The second-order valence-corrected chi connectivity index (χ2v) is 5.27. The van der Waals surface area contributed by atoms with E-state index in [0.29, 0.717) is 5.69 Å². The van der Waals surface area contributed by atoms with E-state index in [2.05, 4.69) is 20.7 Å². The zero-order chi connectivity index (χ0) is 16.9. The first-order chi connectivity index (χ1) is 11.6. The lowest BCUT2D eigenvalue weighted by molar-refractivity contribution is 0.0950. The molecular weight excluding hydrogens is 331 g/mol. The molecule has 1 heterocycles. The van der Waals surface area contributed by atoms with Crippen molar-refractivity contribution >= 4 is 23.7 Å². The topological polar surface area (TPSA) is 70.1 Å². The number of nitrogens with zero attached hydrogens (tertiary/aromatic N) is 2. The van der Waals surface area contributed by atoms with Crippen LogP contribution in [0.1, 0.15) is 16.1 Å². The summed E-state index contributed by atoms with van der Waals surface area (Å²) in [5.74, 6) is -1.01. The van der Waals surface area contributed by atoms with Gasteiger partial charge in [0.05, 0.1) is 16.9 Å². The lowest BCUT2D eigenvalue weighted by Crippen LogP contribution is -2.18. The van der Waals surface area contributed by atoms with Gasteiger partial charge >= 0.3 is 0 Å². The van der Waals surface area contributed by atoms with Gasteiger partial charge in [-0.3, -0.25) is 9.89 Å². The van der Waals surface area contributed by atoms with E-state index in [9.17, 15) is 9.18 Å². The molecule has 0 spiro atoms. The van der Waals surface area contributed by atoms with Gasteiger partial charge in [-0.25, -0.2) is 9.82 Å². The van der Waals surface area contributed by atoms with Crippen LogP contribution in [0.4, 0.5) is 4.39 Å². The number of carbonyl (C=O) groups excluding carboxylic acids is 1. The lowest BCUT2D eigenvalue weighted by Gasteiger charge is -1.99. The summed E-state index contributed by atoms with van der Waals surface area (Å²) >= 11 is 5.87. The first-order valence-corrected chi connectivity index (χ1v) is 7.41. The fourth-order valence-electron chi connectivity index (χ4n) is 2.04. The quantitative estimate of drug-likeness (QED) is 0.561. The SMILES string of the molecule is O=C(NN=Cc1c(F)cccc1Cl)c1cc(-c2ccccc2)n[nH]1. The van der Waals surface area contributed by atoms with Crippen LogP contribution in [-0.2, 0) is 0 Å². The fraction of sp³-hybridized carbons (Fsp3) is 0. The minimum Gasteiger partial charge on any atom is -0.272 e. The first-order valence-electron chi connectivity index (χ1n) is 7.03. The Hall–Kier alpha value is -2.99. The van der Waals surface area contributed by atoms with Crippen molar-refractivity contribution in [1.82, 2.24) is 15.6 Å². The molecule has 1 amide bonds. The van der Waals surface area contributed by atoms with E-state index in [4.69, 9.17) is 11.6 Å². The van der Waals surface area contributed by atoms with E-state index in [1.54, 1.807) is 6.07 Å². The molecule has 0 saturated carbocycles. The molecule has 3 rings (SSSR count). The number of H-pyrrole nitrogens is 1. The minimum atomic E-state index is -0.520. The van der Waals surface area contributed by atoms with Crippen LogP contribution >= 0.6 is 11.6 Å². The highest BCUT2D eigenvalue weighted by Crippen LogP contribution is 2.17. The van der Waals surface area contributed by atoms with Crippen LogP contribution in [0.3, 0.4) is 0 Å². The largest absolute Gasteiger partial charge is 0.289 e. The van der Waals surface area contributed by atoms with E-state index in [1.807, 2.05) is 30.3 Å². The van der Waals surface area contributed by atoms with Crippen LogP contribution in [-0.4, -0.2) is 22.3 Å². The molecule has 2 aromatic carbocycles. The molecule has 5 nitrogen and oxygen atoms in total. The number of aromatic nitrogens is 2. The summed E-state index contributed by atoms with van der Waals surface area (Å²) < 4.78 is 13.6. The highest BCUT2D eigenvalue weighted by Gasteiger charge is 2.10. The number of rotatable bonds is 4. The van der Waals surface area contributed by atoms with Crippen molar-refractivity contribution in [3.05, 3.63) is 76.7 Å². The van der Waals surface area contributed by atoms with Crippen molar-refractivity contribution in [3.63, 3.8) is 0 Å². The molecule has 7 heteroatoms. The Balaban J connectivity index is 1.70. The molecule has 3 aromatic rings. The maximum absolute atomic E-state index is 13.6. The van der Waals surface area contributed by atoms with Gasteiger partial charge in [0.2, 0.25) is 0 Å². The van der Waals surface area contributed by atoms with E-state index in [1.165, 1.54) is 18.2 Å². The van der Waals surface area contributed by atoms with E-state index < -0.39 is 11.7 Å². The van der Waals surface area contributed by atoms with Crippen molar-refractivity contribution in [2.45, 2.75) is 0 Å². The molecule has 0 aliphatic rings.